The summed E-state index contributed by atoms with van der Waals surface area (Å²) in [6.07, 6.45) is 1.99. The van der Waals surface area contributed by atoms with Gasteiger partial charge in [0, 0.05) is 37.7 Å². The number of rotatable bonds is 6. The fourth-order valence-corrected chi connectivity index (χ4v) is 3.66. The Hall–Kier alpha value is -2.50. The molecule has 1 aromatic carbocycles. The molecule has 0 spiro atoms. The second-order valence-electron chi connectivity index (χ2n) is 6.99. The summed E-state index contributed by atoms with van der Waals surface area (Å²) < 4.78 is 10.5. The van der Waals surface area contributed by atoms with Crippen LogP contribution in [0.2, 0.25) is 0 Å². The Morgan fingerprint density at radius 2 is 2.11 bits per heavy atom. The second-order valence-corrected chi connectivity index (χ2v) is 6.99. The lowest BCUT2D eigenvalue weighted by molar-refractivity contribution is 0.392. The van der Waals surface area contributed by atoms with Crippen LogP contribution in [0.4, 0.5) is 0 Å². The van der Waals surface area contributed by atoms with Crippen molar-refractivity contribution < 1.29 is 9.26 Å². The number of aryl methyl sites for hydroxylation is 2. The zero-order valence-electron chi connectivity index (χ0n) is 16.8. The highest BCUT2D eigenvalue weighted by Gasteiger charge is 2.26. The molecule has 1 saturated heterocycles. The highest BCUT2D eigenvalue weighted by Crippen LogP contribution is 2.28. The molecule has 3 rings (SSSR count). The molecule has 1 atom stereocenters. The van der Waals surface area contributed by atoms with Crippen molar-refractivity contribution in [2.75, 3.05) is 33.3 Å². The van der Waals surface area contributed by atoms with Crippen molar-refractivity contribution in [3.63, 3.8) is 0 Å². The van der Waals surface area contributed by atoms with Gasteiger partial charge in [0.05, 0.1) is 12.8 Å². The zero-order chi connectivity index (χ0) is 19.2. The summed E-state index contributed by atoms with van der Waals surface area (Å²) in [4.78, 5) is 7.22. The van der Waals surface area contributed by atoms with Crippen molar-refractivity contribution >= 4 is 5.96 Å². The molecule has 0 aliphatic carbocycles. The van der Waals surface area contributed by atoms with Crippen LogP contribution in [-0.4, -0.2) is 49.3 Å². The third-order valence-electron chi connectivity index (χ3n) is 5.21. The van der Waals surface area contributed by atoms with E-state index in [0.29, 0.717) is 5.92 Å². The van der Waals surface area contributed by atoms with Crippen LogP contribution in [0, 0.1) is 13.8 Å². The first kappa shape index (κ1) is 19.3. The van der Waals surface area contributed by atoms with Crippen molar-refractivity contribution in [3.05, 3.63) is 46.8 Å². The number of guanidine groups is 1. The molecule has 2 heterocycles. The van der Waals surface area contributed by atoms with Gasteiger partial charge in [-0.15, -0.1) is 0 Å². The lowest BCUT2D eigenvalue weighted by Crippen LogP contribution is -2.40. The highest BCUT2D eigenvalue weighted by atomic mass is 16.5. The Labute approximate surface area is 161 Å². The standard InChI is InChI=1S/C21H30N4O2/c1-5-22-21(23-12-10-20-15(2)24-27-16(20)3)25-13-11-18(14-25)17-6-8-19(26-4)9-7-17/h6-9,18H,5,10-14H2,1-4H3,(H,22,23). The van der Waals surface area contributed by atoms with Gasteiger partial charge in [-0.2, -0.15) is 0 Å². The summed E-state index contributed by atoms with van der Waals surface area (Å²) in [5, 5.41) is 7.47. The first-order valence-electron chi connectivity index (χ1n) is 9.71. The number of hydrogen-bond donors (Lipinski definition) is 1. The van der Waals surface area contributed by atoms with E-state index in [9.17, 15) is 0 Å². The minimum Gasteiger partial charge on any atom is -0.497 e. The number of ether oxygens (including phenoxy) is 1. The van der Waals surface area contributed by atoms with Crippen molar-refractivity contribution in [2.24, 2.45) is 4.99 Å². The highest BCUT2D eigenvalue weighted by molar-refractivity contribution is 5.80. The molecule has 1 fully saturated rings. The quantitative estimate of drug-likeness (QED) is 0.624. The fraction of sp³-hybridized carbons (Fsp3) is 0.524. The molecule has 2 aromatic rings. The van der Waals surface area contributed by atoms with E-state index in [4.69, 9.17) is 14.3 Å². The number of benzene rings is 1. The van der Waals surface area contributed by atoms with Gasteiger partial charge in [-0.05, 0) is 51.3 Å². The van der Waals surface area contributed by atoms with Crippen LogP contribution in [0.15, 0.2) is 33.8 Å². The molecule has 146 valence electrons. The molecule has 6 heteroatoms. The molecule has 27 heavy (non-hydrogen) atoms. The van der Waals surface area contributed by atoms with E-state index in [1.807, 2.05) is 26.0 Å². The number of hydrogen-bond acceptors (Lipinski definition) is 4. The molecule has 6 nitrogen and oxygen atoms in total. The van der Waals surface area contributed by atoms with Gasteiger partial charge in [0.15, 0.2) is 5.96 Å². The van der Waals surface area contributed by atoms with Crippen molar-refractivity contribution in [2.45, 2.75) is 39.5 Å². The van der Waals surface area contributed by atoms with E-state index in [1.54, 1.807) is 7.11 Å². The number of aliphatic imine (C=N–C) groups is 1. The number of aromatic nitrogens is 1. The average Bonchev–Trinajstić information content (AvgIpc) is 3.29. The van der Waals surface area contributed by atoms with E-state index < -0.39 is 0 Å². The van der Waals surface area contributed by atoms with E-state index in [2.05, 4.69) is 34.4 Å². The van der Waals surface area contributed by atoms with Gasteiger partial charge in [-0.1, -0.05) is 17.3 Å². The minimum absolute atomic E-state index is 0.530. The monoisotopic (exact) mass is 370 g/mol. The maximum Gasteiger partial charge on any atom is 0.193 e. The maximum atomic E-state index is 5.26. The molecular formula is C21H30N4O2. The van der Waals surface area contributed by atoms with E-state index in [1.165, 1.54) is 11.1 Å². The molecule has 0 bridgehead atoms. The van der Waals surface area contributed by atoms with Gasteiger partial charge in [-0.3, -0.25) is 4.99 Å². The van der Waals surface area contributed by atoms with Crippen LogP contribution in [0.5, 0.6) is 5.75 Å². The van der Waals surface area contributed by atoms with Crippen LogP contribution in [0.1, 0.15) is 41.8 Å². The topological polar surface area (TPSA) is 62.9 Å². The predicted molar refractivity (Wildman–Crippen MR) is 108 cm³/mol. The molecular weight excluding hydrogens is 340 g/mol. The molecule has 0 amide bonds. The lowest BCUT2D eigenvalue weighted by atomic mass is 9.98. The summed E-state index contributed by atoms with van der Waals surface area (Å²) in [7, 11) is 1.70. The molecule has 1 N–H and O–H groups in total. The Kier molecular flexibility index (Phi) is 6.37. The van der Waals surface area contributed by atoms with Crippen LogP contribution in [0.25, 0.3) is 0 Å². The van der Waals surface area contributed by atoms with Crippen LogP contribution in [-0.2, 0) is 6.42 Å². The Bertz CT molecular complexity index is 747. The van der Waals surface area contributed by atoms with E-state index in [0.717, 1.165) is 62.2 Å². The Morgan fingerprint density at radius 1 is 1.33 bits per heavy atom. The van der Waals surface area contributed by atoms with Gasteiger partial charge in [0.1, 0.15) is 11.5 Å². The predicted octanol–water partition coefficient (Wildman–Crippen LogP) is 3.30. The molecule has 1 aromatic heterocycles. The Morgan fingerprint density at radius 3 is 2.74 bits per heavy atom. The third-order valence-corrected chi connectivity index (χ3v) is 5.21. The lowest BCUT2D eigenvalue weighted by Gasteiger charge is -2.22. The smallest absolute Gasteiger partial charge is 0.193 e. The summed E-state index contributed by atoms with van der Waals surface area (Å²) in [6.45, 7) is 9.67. The average molecular weight is 370 g/mol. The fourth-order valence-electron chi connectivity index (χ4n) is 3.66. The van der Waals surface area contributed by atoms with Crippen LogP contribution >= 0.6 is 0 Å². The van der Waals surface area contributed by atoms with Gasteiger partial charge in [-0.25, -0.2) is 0 Å². The summed E-state index contributed by atoms with van der Waals surface area (Å²) in [5.74, 6) is 3.33. The van der Waals surface area contributed by atoms with Gasteiger partial charge in [0.2, 0.25) is 0 Å². The minimum atomic E-state index is 0.530. The SMILES string of the molecule is CCNC(=NCCc1c(C)noc1C)N1CCC(c2ccc(OC)cc2)C1. The zero-order valence-corrected chi connectivity index (χ0v) is 16.8. The molecule has 1 aliphatic rings. The van der Waals surface area contributed by atoms with E-state index >= 15 is 0 Å². The third kappa shape index (κ3) is 4.62. The Balaban J connectivity index is 1.62. The van der Waals surface area contributed by atoms with Crippen LogP contribution < -0.4 is 10.1 Å². The van der Waals surface area contributed by atoms with Gasteiger partial charge < -0.3 is 19.5 Å². The summed E-state index contributed by atoms with van der Waals surface area (Å²) in [6, 6.07) is 8.44. The molecule has 1 unspecified atom stereocenters. The van der Waals surface area contributed by atoms with Gasteiger partial charge >= 0.3 is 0 Å². The molecule has 1 aliphatic heterocycles. The molecule has 0 saturated carbocycles. The molecule has 0 radical (unpaired) electrons. The summed E-state index contributed by atoms with van der Waals surface area (Å²) >= 11 is 0. The van der Waals surface area contributed by atoms with E-state index in [-0.39, 0.29) is 0 Å². The van der Waals surface area contributed by atoms with Gasteiger partial charge in [0.25, 0.3) is 0 Å². The van der Waals surface area contributed by atoms with Crippen molar-refractivity contribution in [3.8, 4) is 5.75 Å². The first-order valence-corrected chi connectivity index (χ1v) is 9.71. The number of nitrogens with zero attached hydrogens (tertiary/aromatic N) is 3. The maximum absolute atomic E-state index is 5.26. The number of methoxy groups -OCH3 is 1. The first-order chi connectivity index (χ1) is 13.1. The van der Waals surface area contributed by atoms with Crippen molar-refractivity contribution in [1.82, 2.24) is 15.4 Å². The number of nitrogens with one attached hydrogen (secondary N) is 1. The summed E-state index contributed by atoms with van der Waals surface area (Å²) in [5.41, 5.74) is 3.51. The second kappa shape index (κ2) is 8.93. The normalized spacial score (nSPS) is 17.4. The largest absolute Gasteiger partial charge is 0.497 e. The number of likely N-dealkylation sites (tertiary alicyclic amines) is 1. The van der Waals surface area contributed by atoms with Crippen molar-refractivity contribution in [1.29, 1.82) is 0 Å². The van der Waals surface area contributed by atoms with Crippen LogP contribution in [0.3, 0.4) is 0 Å².